The van der Waals surface area contributed by atoms with Crippen LogP contribution in [-0.2, 0) is 4.74 Å². The summed E-state index contributed by atoms with van der Waals surface area (Å²) in [6.07, 6.45) is 2.27. The molecule has 0 bridgehead atoms. The summed E-state index contributed by atoms with van der Waals surface area (Å²) >= 11 is 0. The fourth-order valence-electron chi connectivity index (χ4n) is 2.38. The van der Waals surface area contributed by atoms with Crippen LogP contribution in [0.2, 0.25) is 0 Å². The first-order chi connectivity index (χ1) is 10.1. The Balaban J connectivity index is 2.25. The van der Waals surface area contributed by atoms with Gasteiger partial charge in [0.15, 0.2) is 0 Å². The monoisotopic (exact) mass is 287 g/mol. The zero-order valence-electron chi connectivity index (χ0n) is 13.4. The number of hydrogen-bond donors (Lipinski definition) is 1. The largest absolute Gasteiger partial charge is 0.461 e. The topological polar surface area (TPSA) is 34.4 Å². The molecule has 0 aliphatic carbocycles. The van der Waals surface area contributed by atoms with E-state index >= 15 is 0 Å². The van der Waals surface area contributed by atoms with Crippen molar-refractivity contribution >= 4 is 17.0 Å². The Morgan fingerprint density at radius 1 is 1.33 bits per heavy atom. The fraction of sp³-hybridized carbons (Fsp3) is 0.444. The van der Waals surface area contributed by atoms with Gasteiger partial charge in [0.1, 0.15) is 11.3 Å². The van der Waals surface area contributed by atoms with E-state index in [-0.39, 0.29) is 0 Å². The number of ether oxygens (including phenoxy) is 1. The summed E-state index contributed by atoms with van der Waals surface area (Å²) in [6.45, 7) is 8.95. The lowest BCUT2D eigenvalue weighted by atomic mass is 9.99. The van der Waals surface area contributed by atoms with Gasteiger partial charge < -0.3 is 14.5 Å². The third-order valence-corrected chi connectivity index (χ3v) is 3.70. The van der Waals surface area contributed by atoms with Gasteiger partial charge in [-0.2, -0.15) is 0 Å². The number of benzene rings is 1. The van der Waals surface area contributed by atoms with Crippen molar-refractivity contribution in [1.82, 2.24) is 5.32 Å². The van der Waals surface area contributed by atoms with Crippen molar-refractivity contribution in [3.8, 4) is 0 Å². The maximum atomic E-state index is 5.84. The van der Waals surface area contributed by atoms with E-state index < -0.39 is 0 Å². The van der Waals surface area contributed by atoms with E-state index in [4.69, 9.17) is 9.15 Å². The molecule has 2 rings (SSSR count). The fourth-order valence-corrected chi connectivity index (χ4v) is 2.38. The number of nitrogens with one attached hydrogen (secondary N) is 1. The molecule has 1 aromatic heterocycles. The predicted molar refractivity (Wildman–Crippen MR) is 88.5 cm³/mol. The Labute approximate surface area is 127 Å². The molecule has 0 radical (unpaired) electrons. The lowest BCUT2D eigenvalue weighted by Crippen LogP contribution is -2.23. The number of methoxy groups -OCH3 is 1. The van der Waals surface area contributed by atoms with Crippen molar-refractivity contribution in [3.63, 3.8) is 0 Å². The van der Waals surface area contributed by atoms with Gasteiger partial charge >= 0.3 is 0 Å². The number of para-hydroxylation sites is 1. The Hall–Kier alpha value is -1.58. The van der Waals surface area contributed by atoms with Crippen LogP contribution in [0, 0.1) is 12.8 Å². The Kier molecular flexibility index (Phi) is 5.59. The van der Waals surface area contributed by atoms with Gasteiger partial charge in [0, 0.05) is 31.1 Å². The number of aryl methyl sites for hydroxylation is 1. The lowest BCUT2D eigenvalue weighted by Gasteiger charge is -2.13. The third kappa shape index (κ3) is 3.96. The normalized spacial score (nSPS) is 12.5. The van der Waals surface area contributed by atoms with Crippen LogP contribution in [0.4, 0.5) is 0 Å². The van der Waals surface area contributed by atoms with Crippen LogP contribution in [-0.4, -0.2) is 26.8 Å². The molecular weight excluding hydrogens is 262 g/mol. The number of fused-ring (bicyclic) bond motifs is 1. The Morgan fingerprint density at radius 2 is 2.10 bits per heavy atom. The average Bonchev–Trinajstić information content (AvgIpc) is 2.78. The second kappa shape index (κ2) is 7.43. The van der Waals surface area contributed by atoms with Gasteiger partial charge in [-0.05, 0) is 18.9 Å². The van der Waals surface area contributed by atoms with Crippen LogP contribution in [0.1, 0.15) is 25.2 Å². The predicted octanol–water partition coefficient (Wildman–Crippen LogP) is 4.02. The minimum Gasteiger partial charge on any atom is -0.461 e. The summed E-state index contributed by atoms with van der Waals surface area (Å²) in [4.78, 5) is 0. The highest BCUT2D eigenvalue weighted by atomic mass is 16.5. The molecule has 0 fully saturated rings. The highest BCUT2D eigenvalue weighted by Crippen LogP contribution is 2.28. The second-order valence-corrected chi connectivity index (χ2v) is 5.61. The van der Waals surface area contributed by atoms with Gasteiger partial charge in [0.2, 0.25) is 0 Å². The molecule has 3 heteroatoms. The quantitative estimate of drug-likeness (QED) is 0.781. The zero-order valence-corrected chi connectivity index (χ0v) is 13.4. The molecule has 0 aliphatic rings. The van der Waals surface area contributed by atoms with E-state index in [2.05, 4.69) is 37.4 Å². The Bertz CT molecular complexity index is 611. The van der Waals surface area contributed by atoms with Crippen LogP contribution in [0.25, 0.3) is 17.0 Å². The molecule has 0 atom stereocenters. The summed E-state index contributed by atoms with van der Waals surface area (Å²) in [5.41, 5.74) is 3.53. The number of rotatable bonds is 7. The minimum atomic E-state index is 0.494. The van der Waals surface area contributed by atoms with Crippen molar-refractivity contribution in [2.45, 2.75) is 20.8 Å². The number of furan rings is 1. The molecule has 1 heterocycles. The van der Waals surface area contributed by atoms with Crippen molar-refractivity contribution in [2.24, 2.45) is 5.92 Å². The highest BCUT2D eigenvalue weighted by molar-refractivity contribution is 5.88. The smallest absolute Gasteiger partial charge is 0.134 e. The summed E-state index contributed by atoms with van der Waals surface area (Å²) < 4.78 is 10.9. The van der Waals surface area contributed by atoms with E-state index in [1.54, 1.807) is 7.11 Å². The SMILES string of the molecule is COCCNC/C(=C/c1c(C)oc2ccccc12)C(C)C. The van der Waals surface area contributed by atoms with E-state index in [1.807, 2.05) is 19.1 Å². The van der Waals surface area contributed by atoms with E-state index in [0.29, 0.717) is 5.92 Å². The molecule has 1 aromatic carbocycles. The molecule has 3 nitrogen and oxygen atoms in total. The van der Waals surface area contributed by atoms with Crippen molar-refractivity contribution < 1.29 is 9.15 Å². The first kappa shape index (κ1) is 15.8. The molecule has 0 unspecified atom stereocenters. The van der Waals surface area contributed by atoms with Gasteiger partial charge in [-0.25, -0.2) is 0 Å². The van der Waals surface area contributed by atoms with Crippen molar-refractivity contribution in [3.05, 3.63) is 41.2 Å². The van der Waals surface area contributed by atoms with Crippen LogP contribution >= 0.6 is 0 Å². The maximum absolute atomic E-state index is 5.84. The van der Waals surface area contributed by atoms with E-state index in [1.165, 1.54) is 16.5 Å². The summed E-state index contributed by atoms with van der Waals surface area (Å²) in [5.74, 6) is 1.47. The van der Waals surface area contributed by atoms with Gasteiger partial charge in [0.05, 0.1) is 6.61 Å². The van der Waals surface area contributed by atoms with E-state index in [0.717, 1.165) is 31.0 Å². The second-order valence-electron chi connectivity index (χ2n) is 5.61. The molecule has 0 spiro atoms. The first-order valence-electron chi connectivity index (χ1n) is 7.51. The summed E-state index contributed by atoms with van der Waals surface area (Å²) in [7, 11) is 1.72. The first-order valence-corrected chi connectivity index (χ1v) is 7.51. The molecule has 21 heavy (non-hydrogen) atoms. The zero-order chi connectivity index (χ0) is 15.2. The van der Waals surface area contributed by atoms with Crippen LogP contribution in [0.15, 0.2) is 34.3 Å². The molecule has 114 valence electrons. The van der Waals surface area contributed by atoms with Crippen LogP contribution in [0.5, 0.6) is 0 Å². The standard InChI is InChI=1S/C18H25NO2/c1-13(2)15(12-19-9-10-20-4)11-17-14(3)21-18-8-6-5-7-16(17)18/h5-8,11,13,19H,9-10,12H2,1-4H3/b15-11-. The van der Waals surface area contributed by atoms with Crippen LogP contribution < -0.4 is 5.32 Å². The molecule has 2 aromatic rings. The average molecular weight is 287 g/mol. The van der Waals surface area contributed by atoms with Gasteiger partial charge in [-0.15, -0.1) is 0 Å². The molecule has 0 aliphatic heterocycles. The maximum Gasteiger partial charge on any atom is 0.134 e. The highest BCUT2D eigenvalue weighted by Gasteiger charge is 2.11. The van der Waals surface area contributed by atoms with Gasteiger partial charge in [-0.3, -0.25) is 0 Å². The summed E-state index contributed by atoms with van der Waals surface area (Å²) in [5, 5.41) is 4.61. The van der Waals surface area contributed by atoms with Crippen molar-refractivity contribution in [1.29, 1.82) is 0 Å². The van der Waals surface area contributed by atoms with Gasteiger partial charge in [0.25, 0.3) is 0 Å². The molecular formula is C18H25NO2. The summed E-state index contributed by atoms with van der Waals surface area (Å²) in [6, 6.07) is 8.20. The minimum absolute atomic E-state index is 0.494. The molecule has 1 N–H and O–H groups in total. The molecule has 0 amide bonds. The van der Waals surface area contributed by atoms with Crippen molar-refractivity contribution in [2.75, 3.05) is 26.8 Å². The number of hydrogen-bond acceptors (Lipinski definition) is 3. The third-order valence-electron chi connectivity index (χ3n) is 3.70. The van der Waals surface area contributed by atoms with E-state index in [9.17, 15) is 0 Å². The van der Waals surface area contributed by atoms with Gasteiger partial charge in [-0.1, -0.05) is 43.7 Å². The molecule has 0 saturated carbocycles. The van der Waals surface area contributed by atoms with Crippen LogP contribution in [0.3, 0.4) is 0 Å². The Morgan fingerprint density at radius 3 is 2.81 bits per heavy atom. The molecule has 0 saturated heterocycles. The lowest BCUT2D eigenvalue weighted by molar-refractivity contribution is 0.200.